The van der Waals surface area contributed by atoms with E-state index in [9.17, 15) is 9.59 Å². The van der Waals surface area contributed by atoms with Crippen molar-refractivity contribution in [2.45, 2.75) is 6.92 Å². The minimum Gasteiger partial charge on any atom is -0.334 e. The van der Waals surface area contributed by atoms with Gasteiger partial charge in [-0.3, -0.25) is 9.59 Å². The molecule has 57 valence electrons. The Hall–Kier alpha value is -0.900. The minimum absolute atomic E-state index is 0.0204. The van der Waals surface area contributed by atoms with E-state index < -0.39 is 0 Å². The Kier molecular flexibility index (Phi) is 4.49. The Morgan fingerprint density at radius 2 is 2.30 bits per heavy atom. The average Bonchev–Trinajstić information content (AvgIpc) is 1.99. The van der Waals surface area contributed by atoms with Gasteiger partial charge in [-0.1, -0.05) is 0 Å². The highest BCUT2D eigenvalue weighted by atomic mass is 16.2. The van der Waals surface area contributed by atoms with Gasteiger partial charge in [-0.25, -0.2) is 0 Å². The van der Waals surface area contributed by atoms with Crippen molar-refractivity contribution in [3.05, 3.63) is 0 Å². The summed E-state index contributed by atoms with van der Waals surface area (Å²) in [6, 6.07) is 0. The number of hydrogen-bond acceptors (Lipinski definition) is 3. The number of hydrogen-bond donors (Lipinski definition) is 1. The number of rotatable bonds is 4. The van der Waals surface area contributed by atoms with Crippen LogP contribution in [0.25, 0.3) is 0 Å². The lowest BCUT2D eigenvalue weighted by molar-refractivity contribution is -0.128. The first kappa shape index (κ1) is 9.10. The molecule has 10 heavy (non-hydrogen) atoms. The van der Waals surface area contributed by atoms with Crippen LogP contribution in [0.2, 0.25) is 0 Å². The molecule has 0 spiro atoms. The summed E-state index contributed by atoms with van der Waals surface area (Å²) in [6.45, 7) is 2.26. The number of amides is 1. The van der Waals surface area contributed by atoms with E-state index in [1.807, 2.05) is 0 Å². The van der Waals surface area contributed by atoms with Crippen molar-refractivity contribution in [3.63, 3.8) is 0 Å². The number of carbonyl (C=O) groups is 1. The molecule has 2 N–H and O–H groups in total. The molecule has 1 amide bonds. The van der Waals surface area contributed by atoms with Crippen LogP contribution in [-0.4, -0.2) is 36.7 Å². The van der Waals surface area contributed by atoms with Crippen molar-refractivity contribution in [2.75, 3.05) is 19.6 Å². The lowest BCUT2D eigenvalue weighted by Gasteiger charge is -2.15. The van der Waals surface area contributed by atoms with Crippen molar-refractivity contribution in [3.8, 4) is 0 Å². The average molecular weight is 143 g/mol. The van der Waals surface area contributed by atoms with Crippen LogP contribution in [0.1, 0.15) is 6.92 Å². The number of carbonyl (C=O) groups excluding carboxylic acids is 2. The highest BCUT2D eigenvalue weighted by Crippen LogP contribution is 1.84. The van der Waals surface area contributed by atoms with Gasteiger partial charge in [0.05, 0.1) is 13.1 Å². The fourth-order valence-corrected chi connectivity index (χ4v) is 0.583. The van der Waals surface area contributed by atoms with Crippen LogP contribution in [0, 0.1) is 0 Å². The van der Waals surface area contributed by atoms with Crippen LogP contribution in [0.5, 0.6) is 0 Å². The van der Waals surface area contributed by atoms with E-state index in [0.717, 1.165) is 0 Å². The summed E-state index contributed by atoms with van der Waals surface area (Å²) in [5.74, 6) is -0.217. The minimum atomic E-state index is -0.217. The second-order valence-corrected chi connectivity index (χ2v) is 1.76. The van der Waals surface area contributed by atoms with Crippen LogP contribution in [-0.2, 0) is 9.59 Å². The Bertz CT molecular complexity index is 125. The van der Waals surface area contributed by atoms with Crippen LogP contribution in [0.15, 0.2) is 0 Å². The van der Waals surface area contributed by atoms with E-state index in [1.54, 1.807) is 13.2 Å². The van der Waals surface area contributed by atoms with Crippen LogP contribution in [0.4, 0.5) is 0 Å². The molecule has 0 aliphatic rings. The maximum absolute atomic E-state index is 10.8. The second-order valence-electron chi connectivity index (χ2n) is 1.76. The molecule has 0 aliphatic heterocycles. The monoisotopic (exact) mass is 143 g/mol. The molecule has 0 saturated carbocycles. The highest BCUT2D eigenvalue weighted by molar-refractivity contribution is 5.80. The number of nitrogens with two attached hydrogens (primary N) is 1. The summed E-state index contributed by atoms with van der Waals surface area (Å²) in [5, 5.41) is 0. The first-order valence-corrected chi connectivity index (χ1v) is 3.09. The maximum atomic E-state index is 10.8. The second kappa shape index (κ2) is 4.93. The topological polar surface area (TPSA) is 63.4 Å². The molecule has 0 aromatic carbocycles. The third-order valence-electron chi connectivity index (χ3n) is 1.16. The van der Waals surface area contributed by atoms with E-state index in [0.29, 0.717) is 6.54 Å². The van der Waals surface area contributed by atoms with Crippen LogP contribution >= 0.6 is 0 Å². The number of likely N-dealkylation sites (N-methyl/N-ethyl adjacent to an activating group) is 1. The quantitative estimate of drug-likeness (QED) is 0.543. The third-order valence-corrected chi connectivity index (χ3v) is 1.16. The zero-order valence-electron chi connectivity index (χ0n) is 5.96. The summed E-state index contributed by atoms with van der Waals surface area (Å²) in [7, 11) is 0. The van der Waals surface area contributed by atoms with Gasteiger partial charge in [-0.2, -0.15) is 0 Å². The van der Waals surface area contributed by atoms with Gasteiger partial charge in [0.1, 0.15) is 0 Å². The van der Waals surface area contributed by atoms with Gasteiger partial charge >= 0.3 is 0 Å². The van der Waals surface area contributed by atoms with Crippen molar-refractivity contribution >= 4 is 12.2 Å². The van der Waals surface area contributed by atoms with Crippen LogP contribution < -0.4 is 5.73 Å². The molecule has 4 nitrogen and oxygen atoms in total. The molecule has 0 fully saturated rings. The standard InChI is InChI=1S/C6H11N2O2/c1-2-8(3-4-9)6(10)5-7/h2-3,5,7H2,1H3. The largest absolute Gasteiger partial charge is 0.334 e. The van der Waals surface area contributed by atoms with Crippen molar-refractivity contribution in [1.29, 1.82) is 0 Å². The van der Waals surface area contributed by atoms with Crippen molar-refractivity contribution < 1.29 is 9.59 Å². The molecule has 0 atom stereocenters. The lowest BCUT2D eigenvalue weighted by atomic mass is 10.4. The van der Waals surface area contributed by atoms with Gasteiger partial charge in [0.15, 0.2) is 0 Å². The molecular formula is C6H11N2O2. The normalized spacial score (nSPS) is 9.00. The van der Waals surface area contributed by atoms with E-state index in [4.69, 9.17) is 5.73 Å². The fourth-order valence-electron chi connectivity index (χ4n) is 0.583. The van der Waals surface area contributed by atoms with Gasteiger partial charge in [0.2, 0.25) is 12.2 Å². The SMILES string of the molecule is CCN(C[C]=O)C(=O)CN. The summed E-state index contributed by atoms with van der Waals surface area (Å²) in [5.41, 5.74) is 5.06. The third kappa shape index (κ3) is 2.59. The Morgan fingerprint density at radius 3 is 2.60 bits per heavy atom. The van der Waals surface area contributed by atoms with Crippen molar-refractivity contribution in [2.24, 2.45) is 5.73 Å². The first-order valence-electron chi connectivity index (χ1n) is 3.09. The van der Waals surface area contributed by atoms with Crippen molar-refractivity contribution in [1.82, 2.24) is 4.90 Å². The van der Waals surface area contributed by atoms with Gasteiger partial charge in [0.25, 0.3) is 0 Å². The van der Waals surface area contributed by atoms with Gasteiger partial charge in [-0.15, -0.1) is 0 Å². The predicted molar refractivity (Wildman–Crippen MR) is 37.0 cm³/mol. The molecule has 0 saturated heterocycles. The zero-order valence-corrected chi connectivity index (χ0v) is 5.96. The molecule has 0 rings (SSSR count). The maximum Gasteiger partial charge on any atom is 0.236 e. The number of nitrogens with zero attached hydrogens (tertiary/aromatic N) is 1. The summed E-state index contributed by atoms with van der Waals surface area (Å²) in [6.07, 6.45) is 1.63. The Balaban J connectivity index is 3.79. The van der Waals surface area contributed by atoms with Gasteiger partial charge in [-0.05, 0) is 6.92 Å². The summed E-state index contributed by atoms with van der Waals surface area (Å²) < 4.78 is 0. The van der Waals surface area contributed by atoms with E-state index >= 15 is 0 Å². The van der Waals surface area contributed by atoms with E-state index in [-0.39, 0.29) is 19.0 Å². The van der Waals surface area contributed by atoms with Gasteiger partial charge in [0, 0.05) is 6.54 Å². The Labute approximate surface area is 60.0 Å². The molecule has 0 heterocycles. The molecule has 0 aromatic heterocycles. The van der Waals surface area contributed by atoms with Gasteiger partial charge < -0.3 is 10.6 Å². The molecule has 0 bridgehead atoms. The smallest absolute Gasteiger partial charge is 0.236 e. The molecule has 1 radical (unpaired) electrons. The zero-order chi connectivity index (χ0) is 7.98. The molecular weight excluding hydrogens is 132 g/mol. The van der Waals surface area contributed by atoms with Crippen LogP contribution in [0.3, 0.4) is 0 Å². The molecule has 0 aliphatic carbocycles. The fraction of sp³-hybridized carbons (Fsp3) is 0.667. The first-order chi connectivity index (χ1) is 4.76. The summed E-state index contributed by atoms with van der Waals surface area (Å²) in [4.78, 5) is 21.9. The Morgan fingerprint density at radius 1 is 1.70 bits per heavy atom. The predicted octanol–water partition coefficient (Wildman–Crippen LogP) is -1.10. The highest BCUT2D eigenvalue weighted by Gasteiger charge is 2.07. The molecule has 4 heteroatoms. The van der Waals surface area contributed by atoms with E-state index in [2.05, 4.69) is 0 Å². The lowest BCUT2D eigenvalue weighted by Crippen LogP contribution is -2.36. The molecule has 0 aromatic rings. The molecule has 0 unspecified atom stereocenters. The van der Waals surface area contributed by atoms with E-state index in [1.165, 1.54) is 4.90 Å². The summed E-state index contributed by atoms with van der Waals surface area (Å²) >= 11 is 0.